The van der Waals surface area contributed by atoms with Crippen molar-refractivity contribution < 1.29 is 27.4 Å². The van der Waals surface area contributed by atoms with Gasteiger partial charge in [0.2, 0.25) is 0 Å². The molecule has 1 aromatic carbocycles. The topological polar surface area (TPSA) is 131 Å². The Morgan fingerprint density at radius 1 is 1.41 bits per heavy atom. The third kappa shape index (κ3) is 5.03. The number of fused-ring (bicyclic) bond motifs is 1. The number of ether oxygens (including phenoxy) is 2. The van der Waals surface area contributed by atoms with Gasteiger partial charge in [0.25, 0.3) is 0 Å². The number of aliphatic imine (C=N–C) groups is 1. The molecular weight excluding hydrogens is 561 g/mol. The van der Waals surface area contributed by atoms with Crippen LogP contribution in [0, 0.1) is 5.82 Å². The van der Waals surface area contributed by atoms with E-state index in [1.807, 2.05) is 0 Å². The molecule has 0 N–H and O–H groups in total. The number of methoxy groups -OCH3 is 1. The number of halogens is 4. The summed E-state index contributed by atoms with van der Waals surface area (Å²) < 4.78 is 51.2. The molecule has 11 nitrogen and oxygen atoms in total. The van der Waals surface area contributed by atoms with Crippen LogP contribution in [-0.4, -0.2) is 57.5 Å². The van der Waals surface area contributed by atoms with Crippen molar-refractivity contribution >= 4 is 40.5 Å². The van der Waals surface area contributed by atoms with E-state index in [2.05, 4.69) is 24.8 Å². The van der Waals surface area contributed by atoms with Gasteiger partial charge in [-0.15, -0.1) is 11.3 Å². The molecule has 2 aromatic heterocycles. The highest BCUT2D eigenvalue weighted by molar-refractivity contribution is 7.11. The van der Waals surface area contributed by atoms with E-state index in [0.717, 1.165) is 19.4 Å². The van der Waals surface area contributed by atoms with Crippen molar-refractivity contribution in [2.24, 2.45) is 10.1 Å². The van der Waals surface area contributed by atoms with E-state index in [0.29, 0.717) is 32.4 Å². The van der Waals surface area contributed by atoms with Crippen LogP contribution in [0.15, 0.2) is 57.8 Å². The number of amidine groups is 1. The average molecular weight is 579 g/mol. The molecule has 2 aliphatic heterocycles. The summed E-state index contributed by atoms with van der Waals surface area (Å²) in [5, 5.41) is 10.4. The van der Waals surface area contributed by atoms with Crippen LogP contribution in [0.2, 0.25) is 5.02 Å². The van der Waals surface area contributed by atoms with Gasteiger partial charge >= 0.3 is 12.7 Å². The molecule has 1 fully saturated rings. The summed E-state index contributed by atoms with van der Waals surface area (Å²) in [7, 11) is 1.14. The first-order valence-electron chi connectivity index (χ1n) is 11.3. The first-order valence-corrected chi connectivity index (χ1v) is 12.5. The normalized spacial score (nSPS) is 20.5. The number of hydrogen-bond donors (Lipinski definition) is 0. The van der Waals surface area contributed by atoms with Gasteiger partial charge in [-0.3, -0.25) is 4.99 Å². The lowest BCUT2D eigenvalue weighted by molar-refractivity contribution is 0.0557. The Kier molecular flexibility index (Phi) is 7.21. The van der Waals surface area contributed by atoms with Gasteiger partial charge < -0.3 is 14.4 Å². The van der Waals surface area contributed by atoms with Crippen LogP contribution in [0.3, 0.4) is 0 Å². The van der Waals surface area contributed by atoms with Crippen molar-refractivity contribution in [2.45, 2.75) is 24.6 Å². The number of alkyl halides is 2. The Balaban J connectivity index is 1.74. The van der Waals surface area contributed by atoms with Crippen LogP contribution in [0.5, 0.6) is 0 Å². The maximum Gasteiger partial charge on any atom is 0.507 e. The van der Waals surface area contributed by atoms with Crippen LogP contribution in [-0.2, 0) is 9.47 Å². The molecule has 0 amide bonds. The van der Waals surface area contributed by atoms with E-state index < -0.39 is 30.1 Å². The van der Waals surface area contributed by atoms with E-state index in [9.17, 15) is 23.5 Å². The molecular formula is C23H18ClF3N8O3S. The molecule has 202 valence electrons. The zero-order valence-electron chi connectivity index (χ0n) is 20.0. The second kappa shape index (κ2) is 10.6. The molecule has 0 unspecified atom stereocenters. The highest BCUT2D eigenvalue weighted by atomic mass is 35.5. The summed E-state index contributed by atoms with van der Waals surface area (Å²) in [4.78, 5) is 25.8. The highest BCUT2D eigenvalue weighted by Crippen LogP contribution is 2.49. The second-order valence-electron chi connectivity index (χ2n) is 8.60. The molecule has 5 rings (SSSR count). The number of nitrogens with zero attached hydrogens (tertiary/aromatic N) is 8. The van der Waals surface area contributed by atoms with Gasteiger partial charge in [-0.1, -0.05) is 22.8 Å². The number of rotatable bonds is 7. The number of carbonyl (C=O) groups is 1. The second-order valence-corrected chi connectivity index (χ2v) is 9.90. The molecule has 2 atom stereocenters. The Hall–Kier alpha value is -4.07. The molecule has 0 aliphatic carbocycles. The molecule has 3 aromatic rings. The number of hydrogen-bond acceptors (Lipinski definition) is 9. The lowest BCUT2D eigenvalue weighted by Gasteiger charge is -2.32. The Morgan fingerprint density at radius 2 is 2.23 bits per heavy atom. The van der Waals surface area contributed by atoms with Gasteiger partial charge in [-0.2, -0.15) is 13.9 Å². The van der Waals surface area contributed by atoms with Crippen molar-refractivity contribution in [1.29, 1.82) is 0 Å². The zero-order chi connectivity index (χ0) is 27.7. The molecule has 1 saturated heterocycles. The standard InChI is InChI=1S/C23H18ClF3N8O3S/c1-37-22(36)38-11-23(32-33-28)9-16-17(15-4-6-35(31-15)21(26)27)18(13-3-2-12(25)8-14(13)24)30-19(34(16)10-23)20-29-5-7-39-20/h2-8,18,21H,9-11H2,1H3/t18-,23+/m0/s1. The van der Waals surface area contributed by atoms with E-state index in [4.69, 9.17) is 21.3 Å². The largest absolute Gasteiger partial charge is 0.507 e. The summed E-state index contributed by atoms with van der Waals surface area (Å²) in [5.41, 5.74) is 9.54. The van der Waals surface area contributed by atoms with Crippen LogP contribution >= 0.6 is 22.9 Å². The van der Waals surface area contributed by atoms with E-state index in [1.54, 1.807) is 16.5 Å². The lowest BCUT2D eigenvalue weighted by atomic mass is 9.90. The predicted octanol–water partition coefficient (Wildman–Crippen LogP) is 5.98. The molecule has 0 bridgehead atoms. The van der Waals surface area contributed by atoms with Crippen molar-refractivity contribution in [2.75, 3.05) is 20.3 Å². The van der Waals surface area contributed by atoms with Gasteiger partial charge in [-0.25, -0.2) is 18.9 Å². The summed E-state index contributed by atoms with van der Waals surface area (Å²) in [6, 6.07) is 4.30. The van der Waals surface area contributed by atoms with E-state index in [1.165, 1.54) is 29.5 Å². The third-order valence-electron chi connectivity index (χ3n) is 6.21. The number of azide groups is 1. The summed E-state index contributed by atoms with van der Waals surface area (Å²) in [6.45, 7) is -3.22. The Bertz CT molecular complexity index is 1520. The van der Waals surface area contributed by atoms with Gasteiger partial charge in [0.05, 0.1) is 12.8 Å². The molecule has 0 spiro atoms. The van der Waals surface area contributed by atoms with Crippen molar-refractivity contribution in [3.05, 3.63) is 85.3 Å². The van der Waals surface area contributed by atoms with Gasteiger partial charge in [-0.05, 0) is 23.7 Å². The predicted molar refractivity (Wildman–Crippen MR) is 135 cm³/mol. The first-order chi connectivity index (χ1) is 18.7. The fourth-order valence-electron chi connectivity index (χ4n) is 4.58. The number of carbonyl (C=O) groups excluding carboxylic acids is 1. The fraction of sp³-hybridized carbons (Fsp3) is 0.304. The average Bonchev–Trinajstić information content (AvgIpc) is 3.67. The molecule has 0 radical (unpaired) electrons. The number of aromatic nitrogens is 3. The minimum atomic E-state index is -2.90. The summed E-state index contributed by atoms with van der Waals surface area (Å²) in [6.07, 6.45) is 1.76. The molecule has 4 heterocycles. The van der Waals surface area contributed by atoms with Gasteiger partial charge in [0.15, 0.2) is 10.8 Å². The molecule has 2 aliphatic rings. The maximum absolute atomic E-state index is 14.0. The first kappa shape index (κ1) is 26.5. The fourth-order valence-corrected chi connectivity index (χ4v) is 5.49. The SMILES string of the molecule is COC(=O)OC[C@@]1(N=[N+]=[N-])CC2=C(c3ccn(C(F)F)n3)[C@H](c3ccc(F)cc3Cl)N=C(c3nccs3)N2C1. The van der Waals surface area contributed by atoms with Crippen molar-refractivity contribution in [3.63, 3.8) is 0 Å². The smallest absolute Gasteiger partial charge is 0.438 e. The Morgan fingerprint density at radius 3 is 2.87 bits per heavy atom. The number of thiazole rings is 1. The minimum Gasteiger partial charge on any atom is -0.438 e. The van der Waals surface area contributed by atoms with Crippen LogP contribution in [0.1, 0.15) is 35.3 Å². The quantitative estimate of drug-likeness (QED) is 0.147. The van der Waals surface area contributed by atoms with Crippen molar-refractivity contribution in [3.8, 4) is 0 Å². The summed E-state index contributed by atoms with van der Waals surface area (Å²) >= 11 is 7.75. The zero-order valence-corrected chi connectivity index (χ0v) is 21.6. The van der Waals surface area contributed by atoms with Crippen LogP contribution < -0.4 is 0 Å². The molecule has 39 heavy (non-hydrogen) atoms. The van der Waals surface area contributed by atoms with Gasteiger partial charge in [0.1, 0.15) is 24.0 Å². The molecule has 0 saturated carbocycles. The van der Waals surface area contributed by atoms with Crippen molar-refractivity contribution in [1.82, 2.24) is 19.7 Å². The molecule has 16 heteroatoms. The highest BCUT2D eigenvalue weighted by Gasteiger charge is 2.48. The van der Waals surface area contributed by atoms with E-state index in [-0.39, 0.29) is 30.3 Å². The maximum atomic E-state index is 14.0. The van der Waals surface area contributed by atoms with Gasteiger partial charge in [0, 0.05) is 57.5 Å². The minimum absolute atomic E-state index is 0.0185. The third-order valence-corrected chi connectivity index (χ3v) is 7.31. The summed E-state index contributed by atoms with van der Waals surface area (Å²) in [5.74, 6) is -0.180. The number of benzene rings is 1. The van der Waals surface area contributed by atoms with Crippen LogP contribution in [0.4, 0.5) is 18.0 Å². The van der Waals surface area contributed by atoms with E-state index >= 15 is 0 Å². The van der Waals surface area contributed by atoms with Crippen LogP contribution in [0.25, 0.3) is 16.0 Å². The lowest BCUT2D eigenvalue weighted by Crippen LogP contribution is -2.39. The monoisotopic (exact) mass is 578 g/mol. The Labute approximate surface area is 227 Å².